The number of benzene rings is 1. The number of methoxy groups -OCH3 is 1. The van der Waals surface area contributed by atoms with Crippen molar-refractivity contribution in [1.82, 2.24) is 9.80 Å². The van der Waals surface area contributed by atoms with Gasteiger partial charge in [0.05, 0.1) is 12.1 Å². The first kappa shape index (κ1) is 14.4. The smallest absolute Gasteiger partial charge is 0.176 e. The van der Waals surface area contributed by atoms with Crippen LogP contribution in [0.3, 0.4) is 0 Å². The average Bonchev–Trinajstić information content (AvgIpc) is 2.38. The molecule has 1 saturated heterocycles. The lowest BCUT2D eigenvalue weighted by Crippen LogP contribution is -2.49. The summed E-state index contributed by atoms with van der Waals surface area (Å²) in [5.41, 5.74) is 1.07. The lowest BCUT2D eigenvalue weighted by Gasteiger charge is -2.37. The summed E-state index contributed by atoms with van der Waals surface area (Å²) >= 11 is 6.01. The van der Waals surface area contributed by atoms with Gasteiger partial charge >= 0.3 is 0 Å². The molecule has 19 heavy (non-hydrogen) atoms. The first-order valence-corrected chi connectivity index (χ1v) is 6.87. The van der Waals surface area contributed by atoms with Gasteiger partial charge in [-0.3, -0.25) is 4.90 Å². The van der Waals surface area contributed by atoms with E-state index in [1.54, 1.807) is 0 Å². The van der Waals surface area contributed by atoms with Gasteiger partial charge in [-0.05, 0) is 31.7 Å². The molecule has 106 valence electrons. The lowest BCUT2D eigenvalue weighted by molar-refractivity contribution is 0.0999. The highest BCUT2D eigenvalue weighted by Gasteiger charge is 2.21. The molecule has 0 bridgehead atoms. The SMILES string of the molecule is COc1cc(CN2CCN(C)C(C)C2)cc(Cl)c1O. The zero-order valence-electron chi connectivity index (χ0n) is 11.7. The molecule has 5 heteroatoms. The molecule has 0 aromatic heterocycles. The van der Waals surface area contributed by atoms with Crippen molar-refractivity contribution in [2.45, 2.75) is 19.5 Å². The van der Waals surface area contributed by atoms with Crippen molar-refractivity contribution >= 4 is 11.6 Å². The Hall–Kier alpha value is -0.970. The molecule has 1 fully saturated rings. The molecule has 1 aromatic carbocycles. The number of ether oxygens (including phenoxy) is 1. The van der Waals surface area contributed by atoms with Crippen LogP contribution in [0.5, 0.6) is 11.5 Å². The Bertz CT molecular complexity index is 453. The minimum absolute atomic E-state index is 0.0136. The van der Waals surface area contributed by atoms with Crippen molar-refractivity contribution in [2.24, 2.45) is 0 Å². The standard InChI is InChI=1S/C14H21ClN2O2/c1-10-8-17(5-4-16(10)2)9-11-6-12(15)14(18)13(7-11)19-3/h6-7,10,18H,4-5,8-9H2,1-3H3. The molecular weight excluding hydrogens is 264 g/mol. The van der Waals surface area contributed by atoms with Crippen LogP contribution < -0.4 is 4.74 Å². The number of likely N-dealkylation sites (N-methyl/N-ethyl adjacent to an activating group) is 1. The second-order valence-corrected chi connectivity index (χ2v) is 5.60. The summed E-state index contributed by atoms with van der Waals surface area (Å²) in [6, 6.07) is 4.22. The Morgan fingerprint density at radius 3 is 2.79 bits per heavy atom. The van der Waals surface area contributed by atoms with Crippen LogP contribution in [-0.2, 0) is 6.54 Å². The molecule has 1 aliphatic rings. The monoisotopic (exact) mass is 284 g/mol. The number of aromatic hydroxyl groups is 1. The summed E-state index contributed by atoms with van der Waals surface area (Å²) in [5.74, 6) is 0.448. The molecule has 1 unspecified atom stereocenters. The number of piperazine rings is 1. The van der Waals surface area contributed by atoms with E-state index < -0.39 is 0 Å². The fourth-order valence-corrected chi connectivity index (χ4v) is 2.63. The summed E-state index contributed by atoms with van der Waals surface area (Å²) in [4.78, 5) is 4.76. The average molecular weight is 285 g/mol. The van der Waals surface area contributed by atoms with E-state index in [2.05, 4.69) is 23.8 Å². The molecule has 0 saturated carbocycles. The Morgan fingerprint density at radius 1 is 1.42 bits per heavy atom. The Labute approximate surface area is 119 Å². The topological polar surface area (TPSA) is 35.9 Å². The molecule has 1 aromatic rings. The summed E-state index contributed by atoms with van der Waals surface area (Å²) in [6.07, 6.45) is 0. The molecule has 4 nitrogen and oxygen atoms in total. The predicted molar refractivity (Wildman–Crippen MR) is 77.0 cm³/mol. The van der Waals surface area contributed by atoms with Gasteiger partial charge in [-0.2, -0.15) is 0 Å². The van der Waals surface area contributed by atoms with Crippen molar-refractivity contribution in [3.05, 3.63) is 22.7 Å². The largest absolute Gasteiger partial charge is 0.503 e. The first-order chi connectivity index (χ1) is 9.01. The van der Waals surface area contributed by atoms with Crippen molar-refractivity contribution in [2.75, 3.05) is 33.8 Å². The van der Waals surface area contributed by atoms with Crippen molar-refractivity contribution in [3.63, 3.8) is 0 Å². The van der Waals surface area contributed by atoms with E-state index >= 15 is 0 Å². The molecule has 1 aliphatic heterocycles. The Kier molecular flexibility index (Phi) is 4.55. The molecular formula is C14H21ClN2O2. The van der Waals surface area contributed by atoms with E-state index in [0.29, 0.717) is 16.8 Å². The van der Waals surface area contributed by atoms with Crippen molar-refractivity contribution in [3.8, 4) is 11.5 Å². The minimum Gasteiger partial charge on any atom is -0.503 e. The fraction of sp³-hybridized carbons (Fsp3) is 0.571. The zero-order valence-corrected chi connectivity index (χ0v) is 12.4. The van der Waals surface area contributed by atoms with Gasteiger partial charge in [-0.25, -0.2) is 0 Å². The number of hydrogen-bond acceptors (Lipinski definition) is 4. The number of phenolic OH excluding ortho intramolecular Hbond substituents is 1. The molecule has 0 amide bonds. The summed E-state index contributed by atoms with van der Waals surface area (Å²) in [6.45, 7) is 6.22. The van der Waals surface area contributed by atoms with Crippen LogP contribution in [0.15, 0.2) is 12.1 Å². The van der Waals surface area contributed by atoms with E-state index in [1.807, 2.05) is 12.1 Å². The molecule has 0 radical (unpaired) electrons. The summed E-state index contributed by atoms with van der Waals surface area (Å²) in [5, 5.41) is 10.1. The second kappa shape index (κ2) is 5.99. The Balaban J connectivity index is 2.09. The third kappa shape index (κ3) is 3.32. The molecule has 2 rings (SSSR count). The van der Waals surface area contributed by atoms with E-state index in [0.717, 1.165) is 31.7 Å². The minimum atomic E-state index is 0.0136. The quantitative estimate of drug-likeness (QED) is 0.923. The fourth-order valence-electron chi connectivity index (χ4n) is 2.40. The van der Waals surface area contributed by atoms with Crippen LogP contribution in [0.1, 0.15) is 12.5 Å². The molecule has 1 atom stereocenters. The lowest BCUT2D eigenvalue weighted by atomic mass is 10.1. The van der Waals surface area contributed by atoms with E-state index in [-0.39, 0.29) is 5.75 Å². The molecule has 1 heterocycles. The number of phenols is 1. The highest BCUT2D eigenvalue weighted by Crippen LogP contribution is 2.35. The number of hydrogen-bond donors (Lipinski definition) is 1. The predicted octanol–water partition coefficient (Wildman–Crippen LogP) is 2.19. The molecule has 0 spiro atoms. The van der Waals surface area contributed by atoms with Crippen molar-refractivity contribution in [1.29, 1.82) is 0 Å². The maximum atomic E-state index is 9.73. The van der Waals surface area contributed by atoms with E-state index in [4.69, 9.17) is 16.3 Å². The summed E-state index contributed by atoms with van der Waals surface area (Å²) < 4.78 is 5.13. The van der Waals surface area contributed by atoms with Crippen LogP contribution in [0.25, 0.3) is 0 Å². The van der Waals surface area contributed by atoms with E-state index in [1.165, 1.54) is 7.11 Å². The van der Waals surface area contributed by atoms with E-state index in [9.17, 15) is 5.11 Å². The van der Waals surface area contributed by atoms with Crippen LogP contribution in [0.2, 0.25) is 5.02 Å². The third-order valence-corrected chi connectivity index (χ3v) is 4.05. The van der Waals surface area contributed by atoms with Gasteiger partial charge < -0.3 is 14.7 Å². The highest BCUT2D eigenvalue weighted by atomic mass is 35.5. The maximum Gasteiger partial charge on any atom is 0.176 e. The number of halogens is 1. The molecule has 1 N–H and O–H groups in total. The Morgan fingerprint density at radius 2 is 2.16 bits per heavy atom. The van der Waals surface area contributed by atoms with Crippen LogP contribution in [-0.4, -0.2) is 54.7 Å². The second-order valence-electron chi connectivity index (χ2n) is 5.19. The summed E-state index contributed by atoms with van der Waals surface area (Å²) in [7, 11) is 3.69. The van der Waals surface area contributed by atoms with Crippen LogP contribution in [0, 0.1) is 0 Å². The van der Waals surface area contributed by atoms with Gasteiger partial charge in [-0.15, -0.1) is 0 Å². The maximum absolute atomic E-state index is 9.73. The highest BCUT2D eigenvalue weighted by molar-refractivity contribution is 6.32. The van der Waals surface area contributed by atoms with Gasteiger partial charge in [0, 0.05) is 32.2 Å². The van der Waals surface area contributed by atoms with Gasteiger partial charge in [0.15, 0.2) is 11.5 Å². The van der Waals surface area contributed by atoms with Gasteiger partial charge in [0.2, 0.25) is 0 Å². The van der Waals surface area contributed by atoms with Crippen LogP contribution >= 0.6 is 11.6 Å². The number of nitrogens with zero attached hydrogens (tertiary/aromatic N) is 2. The van der Waals surface area contributed by atoms with Gasteiger partial charge in [0.25, 0.3) is 0 Å². The third-order valence-electron chi connectivity index (χ3n) is 3.76. The van der Waals surface area contributed by atoms with Gasteiger partial charge in [0.1, 0.15) is 0 Å². The number of rotatable bonds is 3. The van der Waals surface area contributed by atoms with Crippen molar-refractivity contribution < 1.29 is 9.84 Å². The normalized spacial score (nSPS) is 21.6. The van der Waals surface area contributed by atoms with Gasteiger partial charge in [-0.1, -0.05) is 11.6 Å². The first-order valence-electron chi connectivity index (χ1n) is 6.49. The zero-order chi connectivity index (χ0) is 14.0. The molecule has 0 aliphatic carbocycles. The van der Waals surface area contributed by atoms with Crippen LogP contribution in [0.4, 0.5) is 0 Å².